The lowest BCUT2D eigenvalue weighted by molar-refractivity contribution is 0.0766. The molecule has 0 saturated carbocycles. The average molecular weight is 261 g/mol. The van der Waals surface area contributed by atoms with Crippen LogP contribution in [0, 0.1) is 0 Å². The number of oxazole rings is 1. The van der Waals surface area contributed by atoms with Gasteiger partial charge in [-0.1, -0.05) is 0 Å². The van der Waals surface area contributed by atoms with Crippen LogP contribution in [0.5, 0.6) is 0 Å². The van der Waals surface area contributed by atoms with Crippen LogP contribution in [-0.2, 0) is 0 Å². The van der Waals surface area contributed by atoms with Crippen LogP contribution in [0.1, 0.15) is 16.8 Å². The minimum absolute atomic E-state index is 0.0190. The van der Waals surface area contributed by atoms with Crippen molar-refractivity contribution in [2.45, 2.75) is 6.42 Å². The Bertz CT molecular complexity index is 650. The molecule has 6 nitrogen and oxygen atoms in total. The Morgan fingerprint density at radius 3 is 3.05 bits per heavy atom. The molecule has 1 aromatic heterocycles. The topological polar surface area (TPSA) is 78.3 Å². The lowest BCUT2D eigenvalue weighted by Gasteiger charge is -2.19. The summed E-state index contributed by atoms with van der Waals surface area (Å²) in [7, 11) is 0. The molecule has 0 atom stereocenters. The molecule has 0 spiro atoms. The first kappa shape index (κ1) is 12.0. The van der Waals surface area contributed by atoms with E-state index in [1.165, 1.54) is 0 Å². The number of aromatic amines is 1. The zero-order valence-electron chi connectivity index (χ0n) is 10.4. The summed E-state index contributed by atoms with van der Waals surface area (Å²) in [4.78, 5) is 27.8. The Labute approximate surface area is 109 Å². The quantitative estimate of drug-likeness (QED) is 0.786. The van der Waals surface area contributed by atoms with Crippen molar-refractivity contribution < 1.29 is 9.21 Å². The number of H-pyrrole nitrogens is 1. The van der Waals surface area contributed by atoms with Gasteiger partial charge in [0, 0.05) is 25.2 Å². The van der Waals surface area contributed by atoms with E-state index >= 15 is 0 Å². The highest BCUT2D eigenvalue weighted by Gasteiger charge is 2.17. The molecule has 1 aliphatic rings. The Balaban J connectivity index is 1.89. The molecule has 2 aromatic rings. The van der Waals surface area contributed by atoms with Gasteiger partial charge >= 0.3 is 5.76 Å². The predicted octanol–water partition coefficient (Wildman–Crippen LogP) is 0.557. The number of hydrogen-bond donors (Lipinski definition) is 2. The van der Waals surface area contributed by atoms with Crippen molar-refractivity contribution in [3.05, 3.63) is 34.3 Å². The monoisotopic (exact) mass is 261 g/mol. The van der Waals surface area contributed by atoms with E-state index in [0.717, 1.165) is 26.1 Å². The first-order chi connectivity index (χ1) is 9.24. The molecular formula is C13H15N3O3. The van der Waals surface area contributed by atoms with E-state index in [1.54, 1.807) is 18.2 Å². The Hall–Kier alpha value is -2.08. The number of carbonyl (C=O) groups excluding carboxylic acids is 1. The van der Waals surface area contributed by atoms with Gasteiger partial charge in [-0.3, -0.25) is 9.78 Å². The van der Waals surface area contributed by atoms with Crippen LogP contribution in [0.2, 0.25) is 0 Å². The summed E-state index contributed by atoms with van der Waals surface area (Å²) in [5.74, 6) is -0.520. The molecule has 0 unspecified atom stereocenters. The molecule has 100 valence electrons. The van der Waals surface area contributed by atoms with E-state index in [2.05, 4.69) is 10.3 Å². The summed E-state index contributed by atoms with van der Waals surface area (Å²) >= 11 is 0. The lowest BCUT2D eigenvalue weighted by Crippen LogP contribution is -2.34. The van der Waals surface area contributed by atoms with Gasteiger partial charge in [0.25, 0.3) is 5.91 Å². The van der Waals surface area contributed by atoms with E-state index < -0.39 is 5.76 Å². The minimum Gasteiger partial charge on any atom is -0.408 e. The number of amides is 1. The molecule has 0 bridgehead atoms. The van der Waals surface area contributed by atoms with Crippen LogP contribution in [-0.4, -0.2) is 42.0 Å². The van der Waals surface area contributed by atoms with Crippen molar-refractivity contribution in [2.24, 2.45) is 0 Å². The third kappa shape index (κ3) is 2.39. The highest BCUT2D eigenvalue weighted by molar-refractivity contribution is 5.97. The van der Waals surface area contributed by atoms with Crippen LogP contribution >= 0.6 is 0 Å². The molecule has 1 aliphatic heterocycles. The number of rotatable bonds is 1. The molecule has 2 heterocycles. The minimum atomic E-state index is -0.501. The summed E-state index contributed by atoms with van der Waals surface area (Å²) in [6.07, 6.45) is 0.952. The summed E-state index contributed by atoms with van der Waals surface area (Å²) < 4.78 is 4.98. The predicted molar refractivity (Wildman–Crippen MR) is 70.2 cm³/mol. The zero-order chi connectivity index (χ0) is 13.2. The van der Waals surface area contributed by atoms with Crippen molar-refractivity contribution in [3.8, 4) is 0 Å². The number of hydrogen-bond acceptors (Lipinski definition) is 4. The Morgan fingerprint density at radius 2 is 2.16 bits per heavy atom. The molecule has 3 rings (SSSR count). The maximum Gasteiger partial charge on any atom is 0.417 e. The summed E-state index contributed by atoms with van der Waals surface area (Å²) in [5.41, 5.74) is 1.58. The molecule has 2 N–H and O–H groups in total. The lowest BCUT2D eigenvalue weighted by atomic mass is 10.1. The largest absolute Gasteiger partial charge is 0.417 e. The Kier molecular flexibility index (Phi) is 3.08. The number of carbonyl (C=O) groups is 1. The maximum atomic E-state index is 12.4. The molecule has 19 heavy (non-hydrogen) atoms. The van der Waals surface area contributed by atoms with Gasteiger partial charge in [0.2, 0.25) is 0 Å². The molecule has 6 heteroatoms. The number of fused-ring (bicyclic) bond motifs is 1. The van der Waals surface area contributed by atoms with Gasteiger partial charge in [-0.05, 0) is 31.2 Å². The fraction of sp³-hybridized carbons (Fsp3) is 0.385. The highest BCUT2D eigenvalue weighted by Crippen LogP contribution is 2.14. The molecule has 1 amide bonds. The van der Waals surface area contributed by atoms with E-state index in [4.69, 9.17) is 4.42 Å². The molecular weight excluding hydrogens is 246 g/mol. The van der Waals surface area contributed by atoms with Gasteiger partial charge in [-0.2, -0.15) is 0 Å². The zero-order valence-corrected chi connectivity index (χ0v) is 10.4. The van der Waals surface area contributed by atoms with Crippen molar-refractivity contribution in [2.75, 3.05) is 26.2 Å². The first-order valence-corrected chi connectivity index (χ1v) is 6.37. The summed E-state index contributed by atoms with van der Waals surface area (Å²) in [6, 6.07) is 5.03. The van der Waals surface area contributed by atoms with Crippen LogP contribution < -0.4 is 11.1 Å². The molecule has 0 radical (unpaired) electrons. The molecule has 0 aliphatic carbocycles. The fourth-order valence-electron chi connectivity index (χ4n) is 2.31. The van der Waals surface area contributed by atoms with E-state index in [1.807, 2.05) is 4.90 Å². The van der Waals surface area contributed by atoms with Crippen LogP contribution in [0.4, 0.5) is 0 Å². The number of aromatic nitrogens is 1. The van der Waals surface area contributed by atoms with Gasteiger partial charge in [-0.25, -0.2) is 4.79 Å². The smallest absolute Gasteiger partial charge is 0.408 e. The molecule has 1 saturated heterocycles. The first-order valence-electron chi connectivity index (χ1n) is 6.37. The third-order valence-corrected chi connectivity index (χ3v) is 3.30. The van der Waals surface area contributed by atoms with Crippen molar-refractivity contribution in [3.63, 3.8) is 0 Å². The van der Waals surface area contributed by atoms with Crippen molar-refractivity contribution in [1.29, 1.82) is 0 Å². The van der Waals surface area contributed by atoms with Gasteiger partial charge in [0.1, 0.15) is 0 Å². The molecule has 1 fully saturated rings. The normalized spacial score (nSPS) is 16.5. The van der Waals surface area contributed by atoms with Crippen molar-refractivity contribution >= 4 is 17.0 Å². The second-order valence-electron chi connectivity index (χ2n) is 4.62. The second kappa shape index (κ2) is 4.89. The van der Waals surface area contributed by atoms with Gasteiger partial charge in [0.05, 0.1) is 5.52 Å². The third-order valence-electron chi connectivity index (χ3n) is 3.30. The average Bonchev–Trinajstić information content (AvgIpc) is 2.63. The van der Waals surface area contributed by atoms with Crippen molar-refractivity contribution in [1.82, 2.24) is 15.2 Å². The van der Waals surface area contributed by atoms with Crippen LogP contribution in [0.15, 0.2) is 27.4 Å². The summed E-state index contributed by atoms with van der Waals surface area (Å²) in [6.45, 7) is 3.21. The Morgan fingerprint density at radius 1 is 1.26 bits per heavy atom. The van der Waals surface area contributed by atoms with E-state index in [-0.39, 0.29) is 5.91 Å². The van der Waals surface area contributed by atoms with Crippen LogP contribution in [0.3, 0.4) is 0 Å². The fourth-order valence-corrected chi connectivity index (χ4v) is 2.31. The number of nitrogens with one attached hydrogen (secondary N) is 2. The standard InChI is InChI=1S/C13H15N3O3/c17-12(16-6-1-4-14-5-7-16)9-2-3-10-11(8-9)19-13(18)15-10/h2-3,8,14H,1,4-7H2,(H,15,18). The number of benzene rings is 1. The van der Waals surface area contributed by atoms with Gasteiger partial charge < -0.3 is 14.6 Å². The maximum absolute atomic E-state index is 12.4. The highest BCUT2D eigenvalue weighted by atomic mass is 16.4. The van der Waals surface area contributed by atoms with Gasteiger partial charge in [0.15, 0.2) is 5.58 Å². The van der Waals surface area contributed by atoms with Gasteiger partial charge in [-0.15, -0.1) is 0 Å². The van der Waals surface area contributed by atoms with Crippen LogP contribution in [0.25, 0.3) is 11.1 Å². The number of nitrogens with zero attached hydrogens (tertiary/aromatic N) is 1. The second-order valence-corrected chi connectivity index (χ2v) is 4.62. The summed E-state index contributed by atoms with van der Waals surface area (Å²) in [5, 5.41) is 3.26. The van der Waals surface area contributed by atoms with E-state index in [0.29, 0.717) is 23.2 Å². The van der Waals surface area contributed by atoms with E-state index in [9.17, 15) is 9.59 Å². The molecule has 1 aromatic carbocycles. The SMILES string of the molecule is O=C(c1ccc2[nH]c(=O)oc2c1)N1CCCNCC1.